The zero-order valence-electron chi connectivity index (χ0n) is 41.8. The van der Waals surface area contributed by atoms with Crippen LogP contribution in [0.2, 0.25) is 0 Å². The molecular weight excluding hydrogens is 884 g/mol. The fourth-order valence-electron chi connectivity index (χ4n) is 14.8. The van der Waals surface area contributed by atoms with E-state index >= 15 is 0 Å². The second-order valence-corrected chi connectivity index (χ2v) is 23.4. The number of nitrogens with zero attached hydrogens (tertiary/aromatic N) is 4. The molecule has 1 spiro atoms. The standard InChI is InChI=1S/C68H49BN4/c1-66(2,3)38-33-39(67(4,5)6)35-40(34-38)71-55-25-15-10-19-43(55)47-36-54-65-60(62(47)71)46-21-11-16-26-56(46)72(65)58-30-27-44-48-37-70-32-31-57(48)73-63(44)61(58)69(54)53-29-28-52-59(64(53)73)45-20-9-14-24-51(45)68(52)49-22-12-7-17-41(49)42-18-8-13-23-50(42)68/h7-37H,1-6H3. The molecule has 0 unspecified atom stereocenters. The summed E-state index contributed by atoms with van der Waals surface area (Å²) in [7, 11) is 0. The fourth-order valence-corrected chi connectivity index (χ4v) is 14.8. The van der Waals surface area contributed by atoms with Crippen molar-refractivity contribution in [3.05, 3.63) is 222 Å². The first-order chi connectivity index (χ1) is 35.5. The zero-order chi connectivity index (χ0) is 48.6. The Kier molecular flexibility index (Phi) is 7.25. The smallest absolute Gasteiger partial charge is 0.252 e. The molecule has 0 radical (unpaired) electrons. The van der Waals surface area contributed by atoms with Crippen molar-refractivity contribution in [3.8, 4) is 39.3 Å². The minimum atomic E-state index is -0.468. The van der Waals surface area contributed by atoms with Gasteiger partial charge in [0.2, 0.25) is 0 Å². The van der Waals surface area contributed by atoms with Gasteiger partial charge >= 0.3 is 0 Å². The molecule has 4 aliphatic rings. The highest BCUT2D eigenvalue weighted by atomic mass is 15.0. The maximum absolute atomic E-state index is 4.82. The first kappa shape index (κ1) is 40.2. The van der Waals surface area contributed by atoms with Crippen molar-refractivity contribution in [2.45, 2.75) is 57.8 Å². The predicted octanol–water partition coefficient (Wildman–Crippen LogP) is 14.5. The molecule has 2 aliphatic heterocycles. The zero-order valence-corrected chi connectivity index (χ0v) is 41.8. The second-order valence-electron chi connectivity index (χ2n) is 23.4. The van der Waals surface area contributed by atoms with Crippen LogP contribution in [0.15, 0.2) is 188 Å². The Bertz CT molecular complexity index is 4640. The SMILES string of the molecule is CC(C)(C)c1cc(-n2c3ccccc3c3cc4c5c(c6ccccc6n5-c5ccc6c7cnccc7n7c6c5B4c4ccc5c(c4-7)-c4ccccc4C54c5ccccc5-c5ccccc54)c32)cc(C(C)(C)C)c1. The number of rotatable bonds is 1. The molecule has 4 aromatic heterocycles. The van der Waals surface area contributed by atoms with Crippen molar-refractivity contribution in [2.75, 3.05) is 0 Å². The Labute approximate surface area is 423 Å². The summed E-state index contributed by atoms with van der Waals surface area (Å²) in [6.07, 6.45) is 4.08. The summed E-state index contributed by atoms with van der Waals surface area (Å²) < 4.78 is 7.91. The van der Waals surface area contributed by atoms with Gasteiger partial charge in [-0.2, -0.15) is 0 Å². The summed E-state index contributed by atoms with van der Waals surface area (Å²) in [5.74, 6) is 0. The molecular formula is C68H49BN4. The van der Waals surface area contributed by atoms with Crippen molar-refractivity contribution < 1.29 is 0 Å². The van der Waals surface area contributed by atoms with Crippen LogP contribution in [0.3, 0.4) is 0 Å². The molecule has 9 aromatic carbocycles. The van der Waals surface area contributed by atoms with E-state index in [1.54, 1.807) is 0 Å². The molecule has 5 heteroatoms. The lowest BCUT2D eigenvalue weighted by Crippen LogP contribution is -2.59. The summed E-state index contributed by atoms with van der Waals surface area (Å²) in [6, 6.07) is 68.2. The van der Waals surface area contributed by atoms with Gasteiger partial charge in [-0.15, -0.1) is 0 Å². The van der Waals surface area contributed by atoms with Gasteiger partial charge in [0, 0.05) is 67.3 Å². The maximum Gasteiger partial charge on any atom is 0.252 e. The van der Waals surface area contributed by atoms with Crippen molar-refractivity contribution in [3.63, 3.8) is 0 Å². The summed E-state index contributed by atoms with van der Waals surface area (Å²) in [5.41, 5.74) is 28.2. The van der Waals surface area contributed by atoms with Crippen LogP contribution in [0.4, 0.5) is 0 Å². The number of pyridine rings is 1. The number of aromatic nitrogens is 4. The predicted molar refractivity (Wildman–Crippen MR) is 306 cm³/mol. The van der Waals surface area contributed by atoms with Crippen LogP contribution in [-0.2, 0) is 16.2 Å². The molecule has 73 heavy (non-hydrogen) atoms. The van der Waals surface area contributed by atoms with E-state index in [-0.39, 0.29) is 17.5 Å². The van der Waals surface area contributed by atoms with Gasteiger partial charge in [0.25, 0.3) is 6.71 Å². The monoisotopic (exact) mass is 932 g/mol. The van der Waals surface area contributed by atoms with E-state index in [1.807, 2.05) is 6.20 Å². The van der Waals surface area contributed by atoms with Crippen LogP contribution in [-0.4, -0.2) is 25.4 Å². The van der Waals surface area contributed by atoms with Gasteiger partial charge in [-0.05, 0) is 114 Å². The van der Waals surface area contributed by atoms with Crippen molar-refractivity contribution in [2.24, 2.45) is 0 Å². The van der Waals surface area contributed by atoms with Crippen LogP contribution < -0.4 is 16.4 Å². The molecule has 0 N–H and O–H groups in total. The van der Waals surface area contributed by atoms with Crippen molar-refractivity contribution >= 4 is 88.5 Å². The van der Waals surface area contributed by atoms with Crippen LogP contribution in [0, 0.1) is 0 Å². The van der Waals surface area contributed by atoms with E-state index in [4.69, 9.17) is 4.98 Å². The average Bonchev–Trinajstić information content (AvgIpc) is 4.20. The fraction of sp³-hybridized carbons (Fsp3) is 0.132. The van der Waals surface area contributed by atoms with Crippen molar-refractivity contribution in [1.29, 1.82) is 0 Å². The Morgan fingerprint density at radius 2 is 1.04 bits per heavy atom. The molecule has 0 atom stereocenters. The van der Waals surface area contributed by atoms with Gasteiger partial charge in [0.1, 0.15) is 0 Å². The number of hydrogen-bond donors (Lipinski definition) is 0. The number of para-hydroxylation sites is 2. The van der Waals surface area contributed by atoms with E-state index in [1.165, 1.54) is 155 Å². The Balaban J connectivity index is 1.06. The van der Waals surface area contributed by atoms with Crippen LogP contribution >= 0.6 is 0 Å². The maximum atomic E-state index is 4.82. The Hall–Kier alpha value is -8.41. The van der Waals surface area contributed by atoms with E-state index < -0.39 is 5.41 Å². The van der Waals surface area contributed by atoms with Crippen LogP contribution in [0.1, 0.15) is 74.9 Å². The van der Waals surface area contributed by atoms with E-state index in [0.717, 1.165) is 0 Å². The van der Waals surface area contributed by atoms with Gasteiger partial charge in [-0.3, -0.25) is 4.98 Å². The summed E-state index contributed by atoms with van der Waals surface area (Å²) in [6.45, 7) is 14.0. The highest BCUT2D eigenvalue weighted by Gasteiger charge is 2.54. The number of benzene rings is 9. The third-order valence-electron chi connectivity index (χ3n) is 17.8. The first-order valence-corrected chi connectivity index (χ1v) is 26.1. The highest BCUT2D eigenvalue weighted by Crippen LogP contribution is 2.64. The highest BCUT2D eigenvalue weighted by molar-refractivity contribution is 7.00. The van der Waals surface area contributed by atoms with E-state index in [9.17, 15) is 0 Å². The molecule has 344 valence electrons. The molecule has 4 nitrogen and oxygen atoms in total. The molecule has 0 amide bonds. The largest absolute Gasteiger partial charge is 0.310 e. The lowest BCUT2D eigenvalue weighted by molar-refractivity contribution is 0.568. The van der Waals surface area contributed by atoms with Gasteiger partial charge < -0.3 is 13.7 Å². The lowest BCUT2D eigenvalue weighted by atomic mass is 9.34. The van der Waals surface area contributed by atoms with Gasteiger partial charge in [-0.25, -0.2) is 0 Å². The molecule has 0 bridgehead atoms. The Morgan fingerprint density at radius 3 is 1.74 bits per heavy atom. The molecule has 2 aliphatic carbocycles. The van der Waals surface area contributed by atoms with E-state index in [2.05, 4.69) is 237 Å². The molecule has 13 aromatic rings. The lowest BCUT2D eigenvalue weighted by Gasteiger charge is -2.35. The minimum absolute atomic E-state index is 0.0407. The van der Waals surface area contributed by atoms with Crippen molar-refractivity contribution in [1.82, 2.24) is 18.7 Å². The normalized spacial score (nSPS) is 14.5. The third-order valence-corrected chi connectivity index (χ3v) is 17.8. The van der Waals surface area contributed by atoms with Crippen LogP contribution in [0.5, 0.6) is 0 Å². The topological polar surface area (TPSA) is 27.7 Å². The van der Waals surface area contributed by atoms with Gasteiger partial charge in [0.15, 0.2) is 0 Å². The molecule has 17 rings (SSSR count). The summed E-state index contributed by atoms with van der Waals surface area (Å²) >= 11 is 0. The van der Waals surface area contributed by atoms with Gasteiger partial charge in [-0.1, -0.05) is 181 Å². The van der Waals surface area contributed by atoms with E-state index in [0.29, 0.717) is 0 Å². The molecule has 0 fully saturated rings. The third kappa shape index (κ3) is 4.66. The summed E-state index contributed by atoms with van der Waals surface area (Å²) in [4.78, 5) is 4.82. The van der Waals surface area contributed by atoms with Crippen LogP contribution in [0.25, 0.3) is 105 Å². The summed E-state index contributed by atoms with van der Waals surface area (Å²) in [5, 5.41) is 7.57. The number of hydrogen-bond acceptors (Lipinski definition) is 1. The molecule has 0 saturated carbocycles. The molecule has 0 saturated heterocycles. The quantitative estimate of drug-likeness (QED) is 0.151. The Morgan fingerprint density at radius 1 is 0.438 bits per heavy atom. The molecule has 6 heterocycles. The average molecular weight is 933 g/mol. The number of fused-ring (bicyclic) bond motifs is 26. The first-order valence-electron chi connectivity index (χ1n) is 26.1. The second kappa shape index (κ2) is 13.2. The minimum Gasteiger partial charge on any atom is -0.310 e. The van der Waals surface area contributed by atoms with Gasteiger partial charge in [0.05, 0.1) is 38.5 Å².